The largest absolute Gasteiger partial charge is 0.471 e. The zero-order valence-electron chi connectivity index (χ0n) is 10.3. The van der Waals surface area contributed by atoms with Crippen molar-refractivity contribution in [3.63, 3.8) is 0 Å². The Morgan fingerprint density at radius 2 is 2.00 bits per heavy atom. The fraction of sp³-hybridized carbons (Fsp3) is 0.385. The number of carbonyl (C=O) groups is 1. The SMILES string of the molecule is CCCCCOC(=S)NC(=O)Oc1ccccc1. The molecule has 1 amide bonds. The fourth-order valence-electron chi connectivity index (χ4n) is 1.26. The van der Waals surface area contributed by atoms with Gasteiger partial charge in [-0.3, -0.25) is 5.32 Å². The van der Waals surface area contributed by atoms with Gasteiger partial charge < -0.3 is 9.47 Å². The molecule has 0 aliphatic rings. The van der Waals surface area contributed by atoms with Gasteiger partial charge >= 0.3 is 6.09 Å². The molecule has 0 fully saturated rings. The van der Waals surface area contributed by atoms with Crippen LogP contribution >= 0.6 is 12.2 Å². The third-order valence-corrected chi connectivity index (χ3v) is 2.36. The van der Waals surface area contributed by atoms with E-state index in [2.05, 4.69) is 12.2 Å². The molecule has 0 aliphatic heterocycles. The summed E-state index contributed by atoms with van der Waals surface area (Å²) in [5.74, 6) is 0.462. The van der Waals surface area contributed by atoms with E-state index in [0.717, 1.165) is 19.3 Å². The Kier molecular flexibility index (Phi) is 6.79. The molecule has 1 rings (SSSR count). The summed E-state index contributed by atoms with van der Waals surface area (Å²) in [6, 6.07) is 8.77. The fourth-order valence-corrected chi connectivity index (χ4v) is 1.42. The minimum absolute atomic E-state index is 0.0482. The zero-order chi connectivity index (χ0) is 13.2. The summed E-state index contributed by atoms with van der Waals surface area (Å²) in [7, 11) is 0. The van der Waals surface area contributed by atoms with Crippen molar-refractivity contribution in [2.45, 2.75) is 26.2 Å². The molecule has 0 aromatic heterocycles. The maximum Gasteiger partial charge on any atom is 0.420 e. The van der Waals surface area contributed by atoms with E-state index in [1.165, 1.54) is 0 Å². The van der Waals surface area contributed by atoms with Crippen molar-refractivity contribution in [2.24, 2.45) is 0 Å². The lowest BCUT2D eigenvalue weighted by molar-refractivity contribution is 0.201. The maximum atomic E-state index is 11.4. The van der Waals surface area contributed by atoms with Crippen molar-refractivity contribution in [2.75, 3.05) is 6.61 Å². The molecule has 0 saturated heterocycles. The summed E-state index contributed by atoms with van der Waals surface area (Å²) in [5.41, 5.74) is 0. The second-order valence-corrected chi connectivity index (χ2v) is 4.04. The van der Waals surface area contributed by atoms with E-state index >= 15 is 0 Å². The van der Waals surface area contributed by atoms with E-state index < -0.39 is 6.09 Å². The van der Waals surface area contributed by atoms with Crippen LogP contribution in [0.25, 0.3) is 0 Å². The van der Waals surface area contributed by atoms with E-state index in [1.807, 2.05) is 6.07 Å². The quantitative estimate of drug-likeness (QED) is 0.657. The van der Waals surface area contributed by atoms with E-state index in [-0.39, 0.29) is 5.17 Å². The van der Waals surface area contributed by atoms with Gasteiger partial charge in [0.15, 0.2) is 0 Å². The molecule has 0 saturated carbocycles. The van der Waals surface area contributed by atoms with Crippen molar-refractivity contribution in [1.82, 2.24) is 5.32 Å². The third-order valence-electron chi connectivity index (χ3n) is 2.14. The van der Waals surface area contributed by atoms with Crippen LogP contribution in [0.15, 0.2) is 30.3 Å². The Morgan fingerprint density at radius 3 is 2.67 bits per heavy atom. The van der Waals surface area contributed by atoms with Crippen molar-refractivity contribution in [1.29, 1.82) is 0 Å². The predicted molar refractivity (Wildman–Crippen MR) is 73.7 cm³/mol. The van der Waals surface area contributed by atoms with Crippen LogP contribution in [-0.2, 0) is 4.74 Å². The van der Waals surface area contributed by atoms with E-state index in [0.29, 0.717) is 12.4 Å². The highest BCUT2D eigenvalue weighted by Crippen LogP contribution is 2.08. The number of nitrogens with one attached hydrogen (secondary N) is 1. The second-order valence-electron chi connectivity index (χ2n) is 3.67. The Balaban J connectivity index is 2.21. The van der Waals surface area contributed by atoms with Crippen LogP contribution in [0.3, 0.4) is 0 Å². The molecule has 0 atom stereocenters. The normalized spacial score (nSPS) is 9.61. The molecular weight excluding hydrogens is 250 g/mol. The average molecular weight is 267 g/mol. The van der Waals surface area contributed by atoms with Gasteiger partial charge in [0.2, 0.25) is 0 Å². The van der Waals surface area contributed by atoms with Gasteiger partial charge in [-0.05, 0) is 30.8 Å². The number of unbranched alkanes of at least 4 members (excludes halogenated alkanes) is 2. The molecule has 0 radical (unpaired) electrons. The van der Waals surface area contributed by atoms with Gasteiger partial charge in [0.25, 0.3) is 5.17 Å². The van der Waals surface area contributed by atoms with Crippen LogP contribution in [-0.4, -0.2) is 17.9 Å². The summed E-state index contributed by atoms with van der Waals surface area (Å²) >= 11 is 4.86. The number of carbonyl (C=O) groups excluding carboxylic acids is 1. The number of para-hydroxylation sites is 1. The van der Waals surface area contributed by atoms with Crippen molar-refractivity contribution in [3.8, 4) is 5.75 Å². The van der Waals surface area contributed by atoms with Gasteiger partial charge in [-0.15, -0.1) is 0 Å². The van der Waals surface area contributed by atoms with Crippen molar-refractivity contribution in [3.05, 3.63) is 30.3 Å². The van der Waals surface area contributed by atoms with E-state index in [1.54, 1.807) is 24.3 Å². The van der Waals surface area contributed by atoms with Crippen LogP contribution in [0.5, 0.6) is 5.75 Å². The first-order chi connectivity index (χ1) is 8.72. The number of rotatable bonds is 5. The highest BCUT2D eigenvalue weighted by atomic mass is 32.1. The number of ether oxygens (including phenoxy) is 2. The summed E-state index contributed by atoms with van der Waals surface area (Å²) in [6.45, 7) is 2.62. The lowest BCUT2D eigenvalue weighted by atomic mass is 10.3. The monoisotopic (exact) mass is 267 g/mol. The lowest BCUT2D eigenvalue weighted by Crippen LogP contribution is -2.33. The van der Waals surface area contributed by atoms with Crippen LogP contribution in [0, 0.1) is 0 Å². The Morgan fingerprint density at radius 1 is 1.28 bits per heavy atom. The Labute approximate surface area is 112 Å². The van der Waals surface area contributed by atoms with Crippen molar-refractivity contribution < 1.29 is 14.3 Å². The van der Waals surface area contributed by atoms with Crippen LogP contribution in [0.1, 0.15) is 26.2 Å². The number of hydrogen-bond donors (Lipinski definition) is 1. The molecule has 1 aromatic rings. The number of thiocarbonyl (C=S) groups is 1. The minimum Gasteiger partial charge on any atom is -0.471 e. The highest BCUT2D eigenvalue weighted by Gasteiger charge is 2.07. The summed E-state index contributed by atoms with van der Waals surface area (Å²) in [6.07, 6.45) is 2.48. The maximum absolute atomic E-state index is 11.4. The van der Waals surface area contributed by atoms with Gasteiger partial charge in [-0.2, -0.15) is 0 Å². The lowest BCUT2D eigenvalue weighted by Gasteiger charge is -2.08. The Bertz CT molecular complexity index is 381. The first-order valence-corrected chi connectivity index (χ1v) is 6.34. The third kappa shape index (κ3) is 6.20. The molecule has 0 bridgehead atoms. The smallest absolute Gasteiger partial charge is 0.420 e. The molecule has 18 heavy (non-hydrogen) atoms. The number of hydrogen-bond acceptors (Lipinski definition) is 4. The molecule has 0 spiro atoms. The van der Waals surface area contributed by atoms with Crippen LogP contribution in [0.2, 0.25) is 0 Å². The zero-order valence-corrected chi connectivity index (χ0v) is 11.2. The molecule has 0 heterocycles. The van der Waals surface area contributed by atoms with Crippen LogP contribution < -0.4 is 10.1 Å². The summed E-state index contributed by atoms with van der Waals surface area (Å²) < 4.78 is 10.2. The molecule has 1 N–H and O–H groups in total. The molecule has 0 aliphatic carbocycles. The molecule has 1 aromatic carbocycles. The number of amides is 1. The molecule has 0 unspecified atom stereocenters. The minimum atomic E-state index is -0.637. The van der Waals surface area contributed by atoms with E-state index in [9.17, 15) is 4.79 Å². The predicted octanol–water partition coefficient (Wildman–Crippen LogP) is 3.27. The van der Waals surface area contributed by atoms with Crippen LogP contribution in [0.4, 0.5) is 4.79 Å². The Hall–Kier alpha value is -1.62. The topological polar surface area (TPSA) is 47.6 Å². The first-order valence-electron chi connectivity index (χ1n) is 5.93. The average Bonchev–Trinajstić information content (AvgIpc) is 2.35. The second kappa shape index (κ2) is 8.47. The molecule has 5 heteroatoms. The number of benzene rings is 1. The molecule has 4 nitrogen and oxygen atoms in total. The molecule has 98 valence electrons. The standard InChI is InChI=1S/C13H17NO3S/c1-2-3-7-10-16-13(18)14-12(15)17-11-8-5-4-6-9-11/h4-6,8-9H,2-3,7,10H2,1H3,(H,14,15,18). The van der Waals surface area contributed by atoms with Gasteiger partial charge in [0.1, 0.15) is 5.75 Å². The van der Waals surface area contributed by atoms with Gasteiger partial charge in [0, 0.05) is 0 Å². The van der Waals surface area contributed by atoms with Gasteiger partial charge in [-0.1, -0.05) is 38.0 Å². The highest BCUT2D eigenvalue weighted by molar-refractivity contribution is 7.80. The summed E-state index contributed by atoms with van der Waals surface area (Å²) in [4.78, 5) is 11.4. The molecular formula is C13H17NO3S. The van der Waals surface area contributed by atoms with Crippen molar-refractivity contribution >= 4 is 23.5 Å². The van der Waals surface area contributed by atoms with Gasteiger partial charge in [-0.25, -0.2) is 4.79 Å². The van der Waals surface area contributed by atoms with E-state index in [4.69, 9.17) is 21.7 Å². The summed E-state index contributed by atoms with van der Waals surface area (Å²) in [5, 5.41) is 2.40. The first kappa shape index (κ1) is 14.4. The van der Waals surface area contributed by atoms with Gasteiger partial charge in [0.05, 0.1) is 6.61 Å².